The zero-order valence-electron chi connectivity index (χ0n) is 21.2. The number of amides is 1. The molecule has 0 saturated carbocycles. The number of aliphatic hydroxyl groups is 1. The molecule has 0 aromatic rings. The van der Waals surface area contributed by atoms with Crippen molar-refractivity contribution in [1.29, 1.82) is 0 Å². The first-order valence-corrected chi connectivity index (χ1v) is 12.1. The van der Waals surface area contributed by atoms with Gasteiger partial charge < -0.3 is 21.9 Å². The zero-order valence-corrected chi connectivity index (χ0v) is 22.2. The molecule has 31 heavy (non-hydrogen) atoms. The van der Waals surface area contributed by atoms with Crippen molar-refractivity contribution in [1.82, 2.24) is 10.2 Å². The Balaban J connectivity index is -0.00000420. The van der Waals surface area contributed by atoms with Gasteiger partial charge in [0.1, 0.15) is 0 Å². The number of hydrogen-bond donors (Lipinski definition) is 3. The number of hydrogen-bond acceptors (Lipinski definition) is 4. The number of aliphatic hydroxyl groups excluding tert-OH is 1. The summed E-state index contributed by atoms with van der Waals surface area (Å²) in [6, 6.07) is 0. The predicted molar refractivity (Wildman–Crippen MR) is 125 cm³/mol. The Bertz CT molecular complexity index is 454. The van der Waals surface area contributed by atoms with Crippen LogP contribution in [0.1, 0.15) is 98.2 Å². The van der Waals surface area contributed by atoms with E-state index in [1.54, 1.807) is 4.90 Å². The Hall–Kier alpha value is -0.400. The summed E-state index contributed by atoms with van der Waals surface area (Å²) in [5.41, 5.74) is 0. The summed E-state index contributed by atoms with van der Waals surface area (Å²) in [7, 11) is 0. The normalized spacial score (nSPS) is 10.9. The van der Waals surface area contributed by atoms with E-state index in [9.17, 15) is 9.59 Å². The van der Waals surface area contributed by atoms with Crippen LogP contribution in [0, 0.1) is 0 Å². The van der Waals surface area contributed by atoms with Crippen LogP contribution in [0.5, 0.6) is 0 Å². The number of carbonyl (C=O) groups is 2. The molecular weight excluding hydrogens is 403 g/mol. The van der Waals surface area contributed by atoms with Crippen molar-refractivity contribution in [3.63, 3.8) is 0 Å². The van der Waals surface area contributed by atoms with Crippen LogP contribution in [-0.2, 0) is 9.59 Å². The Morgan fingerprint density at radius 2 is 1.42 bits per heavy atom. The number of rotatable bonds is 22. The van der Waals surface area contributed by atoms with Crippen molar-refractivity contribution < 1.29 is 50.8 Å². The minimum Gasteiger partial charge on any atom is -1.00 e. The second-order valence-corrected chi connectivity index (χ2v) is 8.01. The van der Waals surface area contributed by atoms with Crippen molar-refractivity contribution in [3.05, 3.63) is 12.2 Å². The number of carboxylic acids is 1. The summed E-state index contributed by atoms with van der Waals surface area (Å²) in [6.07, 6.45) is 21.1. The molecule has 0 atom stereocenters. The molecule has 0 saturated heterocycles. The van der Waals surface area contributed by atoms with E-state index >= 15 is 0 Å². The quantitative estimate of drug-likeness (QED) is 0.133. The molecule has 0 aliphatic heterocycles. The minimum absolute atomic E-state index is 0. The largest absolute Gasteiger partial charge is 1.00 e. The molecule has 0 radical (unpaired) electrons. The fourth-order valence-electron chi connectivity index (χ4n) is 3.40. The third-order valence-corrected chi connectivity index (χ3v) is 5.21. The van der Waals surface area contributed by atoms with Gasteiger partial charge in [0.15, 0.2) is 0 Å². The molecule has 1 amide bonds. The number of nitrogens with one attached hydrogen (secondary N) is 1. The number of nitrogens with zero attached hydrogens (tertiary/aromatic N) is 1. The first kappa shape index (κ1) is 32.8. The number of carbonyl (C=O) groups excluding carboxylic acids is 1. The molecule has 0 bridgehead atoms. The van der Waals surface area contributed by atoms with E-state index in [0.29, 0.717) is 26.1 Å². The van der Waals surface area contributed by atoms with Gasteiger partial charge in [-0.3, -0.25) is 9.59 Å². The third-order valence-electron chi connectivity index (χ3n) is 5.21. The average Bonchev–Trinajstić information content (AvgIpc) is 2.72. The van der Waals surface area contributed by atoms with Gasteiger partial charge in [-0.25, -0.2) is 0 Å². The Morgan fingerprint density at radius 1 is 0.871 bits per heavy atom. The number of aliphatic carboxylic acids is 1. The van der Waals surface area contributed by atoms with E-state index in [1.807, 2.05) is 0 Å². The molecule has 178 valence electrons. The maximum absolute atomic E-state index is 12.3. The summed E-state index contributed by atoms with van der Waals surface area (Å²) in [4.78, 5) is 24.4. The SMILES string of the molecule is CCCCCCCC/C=C\CCCCCCCC(=O)N(CCO)CCNCC(=O)O.[H-].[Na+]. The Labute approximate surface area is 214 Å². The second-order valence-electron chi connectivity index (χ2n) is 8.01. The Morgan fingerprint density at radius 3 is 1.97 bits per heavy atom. The number of carboxylic acid groups (broad SMARTS) is 1. The molecule has 6 nitrogen and oxygen atoms in total. The van der Waals surface area contributed by atoms with Crippen LogP contribution in [0.15, 0.2) is 12.2 Å². The molecule has 0 heterocycles. The van der Waals surface area contributed by atoms with Gasteiger partial charge in [0.2, 0.25) is 5.91 Å². The number of allylic oxidation sites excluding steroid dienone is 2. The van der Waals surface area contributed by atoms with Crippen LogP contribution < -0.4 is 34.9 Å². The summed E-state index contributed by atoms with van der Waals surface area (Å²) in [6.45, 7) is 3.22. The van der Waals surface area contributed by atoms with Crippen molar-refractivity contribution in [2.45, 2.75) is 96.8 Å². The van der Waals surface area contributed by atoms with E-state index < -0.39 is 5.97 Å². The van der Waals surface area contributed by atoms with Gasteiger partial charge in [0, 0.05) is 26.1 Å². The first-order valence-electron chi connectivity index (χ1n) is 12.1. The fraction of sp³-hybridized carbons (Fsp3) is 0.833. The molecule has 0 aliphatic rings. The van der Waals surface area contributed by atoms with Crippen LogP contribution in [0.2, 0.25) is 0 Å². The maximum atomic E-state index is 12.3. The summed E-state index contributed by atoms with van der Waals surface area (Å²) < 4.78 is 0. The van der Waals surface area contributed by atoms with E-state index in [1.165, 1.54) is 57.8 Å². The van der Waals surface area contributed by atoms with Gasteiger partial charge in [-0.2, -0.15) is 0 Å². The standard InChI is InChI=1S/C24H46N2O4.Na.H/c1-2-3-4-5-6-7-8-9-10-11-12-13-14-15-16-17-23(28)26(20-21-27)19-18-25-22-24(29)30;;/h9-10,25,27H,2-8,11-22H2,1H3,(H,29,30);;/q;+1;-1/b10-9-;;. The molecule has 0 fully saturated rings. The first-order chi connectivity index (χ1) is 14.6. The molecule has 0 unspecified atom stereocenters. The van der Waals surface area contributed by atoms with Crippen LogP contribution in [0.25, 0.3) is 0 Å². The van der Waals surface area contributed by atoms with Gasteiger partial charge >= 0.3 is 35.5 Å². The molecule has 7 heteroatoms. The molecular formula is C24H47N2NaO4. The molecule has 0 aromatic heterocycles. The van der Waals surface area contributed by atoms with Gasteiger partial charge in [0.05, 0.1) is 13.2 Å². The van der Waals surface area contributed by atoms with E-state index in [4.69, 9.17) is 10.2 Å². The minimum atomic E-state index is -0.914. The summed E-state index contributed by atoms with van der Waals surface area (Å²) in [5.74, 6) is -0.873. The van der Waals surface area contributed by atoms with Crippen molar-refractivity contribution in [2.24, 2.45) is 0 Å². The smallest absolute Gasteiger partial charge is 1.00 e. The summed E-state index contributed by atoms with van der Waals surface area (Å²) in [5, 5.41) is 20.5. The molecule has 0 aromatic carbocycles. The molecule has 3 N–H and O–H groups in total. The molecule has 0 rings (SSSR count). The number of unbranched alkanes of at least 4 members (excludes halogenated alkanes) is 11. The topological polar surface area (TPSA) is 89.9 Å². The van der Waals surface area contributed by atoms with Gasteiger partial charge in [0.25, 0.3) is 0 Å². The summed E-state index contributed by atoms with van der Waals surface area (Å²) >= 11 is 0. The van der Waals surface area contributed by atoms with Crippen LogP contribution in [0.4, 0.5) is 0 Å². The van der Waals surface area contributed by atoms with Crippen molar-refractivity contribution in [2.75, 3.05) is 32.8 Å². The monoisotopic (exact) mass is 450 g/mol. The maximum Gasteiger partial charge on any atom is 1.00 e. The van der Waals surface area contributed by atoms with E-state index in [2.05, 4.69) is 24.4 Å². The van der Waals surface area contributed by atoms with Crippen LogP contribution in [0.3, 0.4) is 0 Å². The van der Waals surface area contributed by atoms with Gasteiger partial charge in [-0.05, 0) is 32.1 Å². The second kappa shape index (κ2) is 25.9. The fourth-order valence-corrected chi connectivity index (χ4v) is 3.40. The van der Waals surface area contributed by atoms with Crippen molar-refractivity contribution in [3.8, 4) is 0 Å². The van der Waals surface area contributed by atoms with Gasteiger partial charge in [-0.15, -0.1) is 0 Å². The van der Waals surface area contributed by atoms with E-state index in [-0.39, 0.29) is 50.0 Å². The average molecular weight is 451 g/mol. The zero-order chi connectivity index (χ0) is 22.3. The van der Waals surface area contributed by atoms with Crippen LogP contribution in [-0.4, -0.2) is 59.8 Å². The third kappa shape index (κ3) is 24.1. The van der Waals surface area contributed by atoms with Crippen LogP contribution >= 0.6 is 0 Å². The van der Waals surface area contributed by atoms with Gasteiger partial charge in [-0.1, -0.05) is 70.4 Å². The molecule has 0 spiro atoms. The molecule has 0 aliphatic carbocycles. The predicted octanol–water partition coefficient (Wildman–Crippen LogP) is 1.64. The van der Waals surface area contributed by atoms with Crippen molar-refractivity contribution >= 4 is 11.9 Å². The Kier molecular flexibility index (Phi) is 27.3. The van der Waals surface area contributed by atoms with E-state index in [0.717, 1.165) is 25.7 Å².